The standard InChI is InChI=1S/C33H16N8.2C12H17NO/c1-2-10-18-17(9-1)25-34-27-19-11-3-4-12-20(19)29-36-31-23-15-7-8-16-24(23)32-37-30-22-14-6-5-13-21(22)28-35-26(18)38(25)33(39(27)29,40(28)30)41(31)32;2*1-5-11-7-6-8(2)9(3)12(11)13-10(4)14/h1-16H;2*6-7H,5H2,1-4H3,(H,13,14)/q+2;;. The molecule has 2 amide bonds. The Morgan fingerprint density at radius 2 is 0.870 bits per heavy atom. The maximum absolute atomic E-state index is 11.0. The third kappa shape index (κ3) is 5.74. The number of benzene rings is 6. The van der Waals surface area contributed by atoms with Gasteiger partial charge in [-0.05, 0) is 122 Å². The van der Waals surface area contributed by atoms with Crippen molar-refractivity contribution >= 4 is 79.7 Å². The van der Waals surface area contributed by atoms with E-state index in [-0.39, 0.29) is 11.8 Å². The zero-order chi connectivity index (χ0) is 47.6. The van der Waals surface area contributed by atoms with Crippen LogP contribution in [0.15, 0.2) is 141 Å². The molecule has 8 heterocycles. The summed E-state index contributed by atoms with van der Waals surface area (Å²) in [5, 5.41) is 10.1. The van der Waals surface area contributed by atoms with Crippen molar-refractivity contribution in [1.29, 1.82) is 0 Å². The number of amides is 2. The van der Waals surface area contributed by atoms with E-state index in [1.807, 2.05) is 13.8 Å². The van der Waals surface area contributed by atoms with Gasteiger partial charge in [-0.25, -0.2) is 0 Å². The number of aliphatic imine (C=N–C) groups is 2. The minimum atomic E-state index is -0.923. The molecule has 0 atom stereocenters. The minimum absolute atomic E-state index is 0.00611. The highest BCUT2D eigenvalue weighted by atomic mass is 16.2. The van der Waals surface area contributed by atoms with Gasteiger partial charge in [0.1, 0.15) is 0 Å². The first kappa shape index (κ1) is 42.0. The van der Waals surface area contributed by atoms with Crippen LogP contribution in [0.4, 0.5) is 23.0 Å². The fraction of sp³-hybridized carbons (Fsp3) is 0.193. The van der Waals surface area contributed by atoms with Crippen molar-refractivity contribution in [2.45, 2.75) is 74.1 Å². The zero-order valence-electron chi connectivity index (χ0n) is 39.9. The van der Waals surface area contributed by atoms with Crippen LogP contribution in [0.25, 0.3) is 21.5 Å². The first-order valence-electron chi connectivity index (χ1n) is 23.6. The number of nitrogens with zero attached hydrogens (tertiary/aromatic N) is 8. The molecule has 0 fully saturated rings. The second-order valence-corrected chi connectivity index (χ2v) is 18.3. The van der Waals surface area contributed by atoms with Gasteiger partial charge < -0.3 is 10.6 Å². The van der Waals surface area contributed by atoms with Crippen molar-refractivity contribution < 1.29 is 18.7 Å². The number of rotatable bonds is 4. The van der Waals surface area contributed by atoms with Gasteiger partial charge in [0, 0.05) is 46.8 Å². The van der Waals surface area contributed by atoms with E-state index >= 15 is 0 Å². The van der Waals surface area contributed by atoms with Crippen LogP contribution < -0.4 is 21.6 Å². The van der Waals surface area contributed by atoms with Gasteiger partial charge in [0.25, 0.3) is 23.3 Å². The van der Waals surface area contributed by atoms with E-state index in [9.17, 15) is 9.59 Å². The number of carbonyl (C=O) groups excluding carboxylic acids is 2. The lowest BCUT2D eigenvalue weighted by Crippen LogP contribution is -2.71. The van der Waals surface area contributed by atoms with Crippen molar-refractivity contribution in [1.82, 2.24) is 9.13 Å². The van der Waals surface area contributed by atoms with Gasteiger partial charge >= 0.3 is 5.91 Å². The number of fused-ring (bicyclic) bond motifs is 12. The van der Waals surface area contributed by atoms with Gasteiger partial charge in [0.05, 0.1) is 22.3 Å². The number of carbonyl (C=O) groups is 2. The normalized spacial score (nSPS) is 15.0. The van der Waals surface area contributed by atoms with Crippen molar-refractivity contribution in [3.8, 4) is 0 Å². The van der Waals surface area contributed by atoms with Crippen LogP contribution in [0.3, 0.4) is 0 Å². The van der Waals surface area contributed by atoms with Crippen LogP contribution in [-0.2, 0) is 28.3 Å². The van der Waals surface area contributed by atoms with E-state index in [1.165, 1.54) is 33.4 Å². The molecule has 8 aromatic rings. The maximum atomic E-state index is 11.0. The van der Waals surface area contributed by atoms with Gasteiger partial charge in [0.15, 0.2) is 0 Å². The van der Waals surface area contributed by atoms with Crippen LogP contribution >= 0.6 is 0 Å². The molecule has 0 aliphatic carbocycles. The van der Waals surface area contributed by atoms with Crippen molar-refractivity contribution in [2.24, 2.45) is 20.0 Å². The molecule has 338 valence electrons. The van der Waals surface area contributed by atoms with Crippen molar-refractivity contribution in [2.75, 3.05) is 10.6 Å². The summed E-state index contributed by atoms with van der Waals surface area (Å²) in [6, 6.07) is 42.3. The molecule has 2 N–H and O–H groups in total. The molecule has 6 aliphatic heterocycles. The summed E-state index contributed by atoms with van der Waals surface area (Å²) < 4.78 is 9.32. The molecule has 0 saturated carbocycles. The summed E-state index contributed by atoms with van der Waals surface area (Å²) in [5.74, 6) is 4.45. The molecule has 0 saturated heterocycles. The number of hydrogen-bond acceptors (Lipinski definition) is 6. The monoisotopic (exact) mass is 906 g/mol. The smallest absolute Gasteiger partial charge is 0.326 e. The summed E-state index contributed by atoms with van der Waals surface area (Å²) in [4.78, 5) is 43.7. The van der Waals surface area contributed by atoms with E-state index in [4.69, 9.17) is 20.0 Å². The van der Waals surface area contributed by atoms with E-state index in [1.54, 1.807) is 13.8 Å². The number of amidine groups is 4. The second-order valence-electron chi connectivity index (χ2n) is 18.3. The molecule has 12 nitrogen and oxygen atoms in total. The molecule has 14 rings (SSSR count). The van der Waals surface area contributed by atoms with Gasteiger partial charge in [0.2, 0.25) is 34.4 Å². The van der Waals surface area contributed by atoms with E-state index in [0.717, 1.165) is 114 Å². The summed E-state index contributed by atoms with van der Waals surface area (Å²) in [5.41, 5.74) is 15.3. The molecule has 2 aromatic heterocycles. The maximum Gasteiger partial charge on any atom is 0.404 e. The van der Waals surface area contributed by atoms with Gasteiger partial charge in [-0.1, -0.05) is 107 Å². The number of anilines is 2. The Bertz CT molecular complexity index is 3690. The topological polar surface area (TPSA) is 124 Å². The lowest BCUT2D eigenvalue weighted by Gasteiger charge is -2.40. The molecule has 6 aromatic carbocycles. The molecular weight excluding hydrogens is 857 g/mol. The third-order valence-electron chi connectivity index (χ3n) is 14.4. The molecule has 12 heteroatoms. The number of hydrogen-bond donors (Lipinski definition) is 2. The Balaban J connectivity index is 0.000000146. The number of aryl methyl sites for hydroxylation is 4. The highest BCUT2D eigenvalue weighted by molar-refractivity contribution is 6.20. The molecule has 1 spiro atoms. The average molecular weight is 907 g/mol. The lowest BCUT2D eigenvalue weighted by molar-refractivity contribution is -0.790. The third-order valence-corrected chi connectivity index (χ3v) is 14.4. The number of aromatic nitrogens is 2. The van der Waals surface area contributed by atoms with Crippen LogP contribution in [0.1, 0.15) is 83.3 Å². The molecule has 6 aliphatic rings. The van der Waals surface area contributed by atoms with Crippen LogP contribution in [0.2, 0.25) is 0 Å². The zero-order valence-corrected chi connectivity index (χ0v) is 39.9. The van der Waals surface area contributed by atoms with E-state index in [2.05, 4.69) is 178 Å². The van der Waals surface area contributed by atoms with Crippen LogP contribution in [0, 0.1) is 27.7 Å². The predicted molar refractivity (Wildman–Crippen MR) is 273 cm³/mol. The van der Waals surface area contributed by atoms with E-state index < -0.39 is 5.91 Å². The quantitative estimate of drug-likeness (QED) is 0.171. The summed E-state index contributed by atoms with van der Waals surface area (Å²) in [7, 11) is 0. The molecular formula is C57H50N10O2+2. The Hall–Kier alpha value is -8.38. The van der Waals surface area contributed by atoms with Crippen LogP contribution in [-0.4, -0.2) is 53.4 Å². The summed E-state index contributed by atoms with van der Waals surface area (Å²) >= 11 is 0. The molecule has 69 heavy (non-hydrogen) atoms. The molecule has 0 radical (unpaired) electrons. The largest absolute Gasteiger partial charge is 0.404 e. The Morgan fingerprint density at radius 1 is 0.493 bits per heavy atom. The summed E-state index contributed by atoms with van der Waals surface area (Å²) in [6.45, 7) is 15.5. The lowest BCUT2D eigenvalue weighted by atomic mass is 10.0. The van der Waals surface area contributed by atoms with Gasteiger partial charge in [-0.15, -0.1) is 9.15 Å². The van der Waals surface area contributed by atoms with Crippen molar-refractivity contribution in [3.63, 3.8) is 0 Å². The predicted octanol–water partition coefficient (Wildman–Crippen LogP) is 9.36. The Kier molecular flexibility index (Phi) is 9.33. The van der Waals surface area contributed by atoms with Crippen LogP contribution in [0.5, 0.6) is 0 Å². The average Bonchev–Trinajstić information content (AvgIpc) is 4.08. The summed E-state index contributed by atoms with van der Waals surface area (Å²) in [6.07, 6.45) is 1.88. The number of nitrogens with one attached hydrogen (secondary N) is 2. The highest BCUT2D eigenvalue weighted by Crippen LogP contribution is 2.52. The fourth-order valence-corrected chi connectivity index (χ4v) is 10.9. The SMILES string of the molecule is CCc1ccc(C)c(C)c1NC(C)=O.CCc1ccc(C)c(C)c1NC(C)=O.c1ccc2c(c1)C1=Nc3c4ccccc4c4n3C35n6c(c7ccccc7c6=NC6=[N+]3C(=N4)c3ccccc36)=NC2=[N+]15. The van der Waals surface area contributed by atoms with Gasteiger partial charge in [-0.2, -0.15) is 9.13 Å². The Labute approximate surface area is 398 Å². The first-order chi connectivity index (χ1) is 33.5. The minimum Gasteiger partial charge on any atom is -0.326 e. The molecule has 0 bridgehead atoms. The molecule has 0 unspecified atom stereocenters. The highest BCUT2D eigenvalue weighted by Gasteiger charge is 2.69. The Morgan fingerprint density at radius 3 is 1.26 bits per heavy atom. The fourth-order valence-electron chi connectivity index (χ4n) is 10.9. The van der Waals surface area contributed by atoms with Gasteiger partial charge in [-0.3, -0.25) is 9.59 Å². The second kappa shape index (κ2) is 15.3. The van der Waals surface area contributed by atoms with Crippen molar-refractivity contribution in [3.05, 3.63) is 188 Å². The van der Waals surface area contributed by atoms with E-state index in [0.29, 0.717) is 0 Å². The first-order valence-corrected chi connectivity index (χ1v) is 23.6.